The summed E-state index contributed by atoms with van der Waals surface area (Å²) in [4.78, 5) is 22.4. The van der Waals surface area contributed by atoms with Crippen molar-refractivity contribution >= 4 is 11.9 Å². The van der Waals surface area contributed by atoms with Crippen LogP contribution >= 0.6 is 0 Å². The molecule has 3 rings (SSSR count). The molecule has 1 heterocycles. The Hall–Kier alpha value is -3.55. The van der Waals surface area contributed by atoms with Gasteiger partial charge in [0.25, 0.3) is 0 Å². The highest BCUT2D eigenvalue weighted by molar-refractivity contribution is 5.94. The quantitative estimate of drug-likeness (QED) is 0.753. The van der Waals surface area contributed by atoms with Crippen LogP contribution in [-0.4, -0.2) is 42.4 Å². The van der Waals surface area contributed by atoms with Crippen LogP contribution in [0.5, 0.6) is 0 Å². The number of tetrazole rings is 1. The number of nitrogens with zero attached hydrogens (tertiary/aromatic N) is 4. The van der Waals surface area contributed by atoms with E-state index in [0.29, 0.717) is 16.8 Å². The first-order valence-corrected chi connectivity index (χ1v) is 6.50. The Morgan fingerprint density at radius 3 is 2.17 bits per heavy atom. The summed E-state index contributed by atoms with van der Waals surface area (Å²) in [6.45, 7) is 0. The van der Waals surface area contributed by atoms with Crippen molar-refractivity contribution < 1.29 is 19.8 Å². The molecule has 0 radical (unpaired) electrons. The van der Waals surface area contributed by atoms with Gasteiger partial charge < -0.3 is 10.2 Å². The van der Waals surface area contributed by atoms with Crippen LogP contribution in [0.15, 0.2) is 48.8 Å². The average Bonchev–Trinajstić information content (AvgIpc) is 3.08. The van der Waals surface area contributed by atoms with Gasteiger partial charge in [0.15, 0.2) is 0 Å². The summed E-state index contributed by atoms with van der Waals surface area (Å²) in [6, 6.07) is 11.0. The van der Waals surface area contributed by atoms with E-state index in [1.165, 1.54) is 29.2 Å². The lowest BCUT2D eigenvalue weighted by Crippen LogP contribution is -2.06. The Morgan fingerprint density at radius 2 is 1.61 bits per heavy atom. The zero-order valence-electron chi connectivity index (χ0n) is 11.6. The molecule has 0 unspecified atom stereocenters. The lowest BCUT2D eigenvalue weighted by Gasteiger charge is -2.08. The molecule has 8 heteroatoms. The van der Waals surface area contributed by atoms with Crippen LogP contribution in [0.4, 0.5) is 0 Å². The summed E-state index contributed by atoms with van der Waals surface area (Å²) in [5.74, 6) is -2.13. The van der Waals surface area contributed by atoms with E-state index < -0.39 is 11.9 Å². The predicted molar refractivity (Wildman–Crippen MR) is 78.5 cm³/mol. The Morgan fingerprint density at radius 1 is 0.913 bits per heavy atom. The number of aromatic nitrogens is 4. The van der Waals surface area contributed by atoms with Crippen LogP contribution in [0.3, 0.4) is 0 Å². The Kier molecular flexibility index (Phi) is 3.55. The monoisotopic (exact) mass is 310 g/mol. The van der Waals surface area contributed by atoms with Gasteiger partial charge >= 0.3 is 11.9 Å². The van der Waals surface area contributed by atoms with Crippen LogP contribution in [0.2, 0.25) is 0 Å². The van der Waals surface area contributed by atoms with Crippen molar-refractivity contribution in [1.82, 2.24) is 20.2 Å². The van der Waals surface area contributed by atoms with Gasteiger partial charge in [0.05, 0.1) is 16.8 Å². The summed E-state index contributed by atoms with van der Waals surface area (Å²) < 4.78 is 1.26. The predicted octanol–water partition coefficient (Wildman–Crippen LogP) is 1.73. The highest BCUT2D eigenvalue weighted by Gasteiger charge is 2.14. The third-order valence-electron chi connectivity index (χ3n) is 3.29. The van der Waals surface area contributed by atoms with Gasteiger partial charge in [-0.2, -0.15) is 4.68 Å². The number of carbonyl (C=O) groups is 2. The van der Waals surface area contributed by atoms with Crippen molar-refractivity contribution in [3.8, 4) is 16.8 Å². The fourth-order valence-electron chi connectivity index (χ4n) is 2.16. The number of benzene rings is 2. The maximum atomic E-state index is 11.5. The minimum Gasteiger partial charge on any atom is -0.478 e. The Labute approximate surface area is 129 Å². The summed E-state index contributed by atoms with van der Waals surface area (Å²) in [6.07, 6.45) is 1.31. The molecule has 0 fully saturated rings. The maximum absolute atomic E-state index is 11.5. The molecule has 0 aliphatic heterocycles. The van der Waals surface area contributed by atoms with Crippen molar-refractivity contribution in [3.05, 3.63) is 59.9 Å². The van der Waals surface area contributed by atoms with Gasteiger partial charge in [0.1, 0.15) is 6.33 Å². The molecule has 0 bridgehead atoms. The molecule has 3 aromatic rings. The Bertz CT molecular complexity index is 873. The van der Waals surface area contributed by atoms with E-state index in [4.69, 9.17) is 5.11 Å². The van der Waals surface area contributed by atoms with Crippen molar-refractivity contribution in [2.24, 2.45) is 0 Å². The van der Waals surface area contributed by atoms with Gasteiger partial charge in [-0.3, -0.25) is 0 Å². The van der Waals surface area contributed by atoms with Crippen LogP contribution in [-0.2, 0) is 0 Å². The first kappa shape index (κ1) is 14.4. The molecule has 23 heavy (non-hydrogen) atoms. The summed E-state index contributed by atoms with van der Waals surface area (Å²) in [5.41, 5.74) is 1.90. The fraction of sp³-hybridized carbons (Fsp3) is 0. The van der Waals surface area contributed by atoms with E-state index in [-0.39, 0.29) is 11.1 Å². The molecule has 0 saturated carbocycles. The normalized spacial score (nSPS) is 10.4. The molecule has 0 aliphatic carbocycles. The van der Waals surface area contributed by atoms with Gasteiger partial charge in [0.2, 0.25) is 0 Å². The molecular formula is C15H10N4O4. The van der Waals surface area contributed by atoms with Crippen molar-refractivity contribution in [1.29, 1.82) is 0 Å². The molecule has 2 N–H and O–H groups in total. The summed E-state index contributed by atoms with van der Waals surface area (Å²) in [5, 5.41) is 29.0. The third-order valence-corrected chi connectivity index (χ3v) is 3.29. The zero-order valence-corrected chi connectivity index (χ0v) is 11.6. The molecule has 0 aliphatic rings. The molecule has 0 saturated heterocycles. The van der Waals surface area contributed by atoms with E-state index in [2.05, 4.69) is 15.5 Å². The molecule has 0 atom stereocenters. The highest BCUT2D eigenvalue weighted by Crippen LogP contribution is 2.24. The first-order chi connectivity index (χ1) is 11.1. The standard InChI is InChI=1S/C15H10N4O4/c20-14(21)10-3-1-9(2-4-10)11-5-6-13(12(7-11)15(22)23)19-8-16-17-18-19/h1-8H,(H,20,21)(H,22,23). The lowest BCUT2D eigenvalue weighted by molar-refractivity contribution is 0.0686. The second-order valence-electron chi connectivity index (χ2n) is 4.67. The highest BCUT2D eigenvalue weighted by atomic mass is 16.4. The Balaban J connectivity index is 2.06. The molecule has 114 valence electrons. The summed E-state index contributed by atoms with van der Waals surface area (Å²) in [7, 11) is 0. The van der Waals surface area contributed by atoms with E-state index in [9.17, 15) is 14.7 Å². The largest absolute Gasteiger partial charge is 0.478 e. The average molecular weight is 310 g/mol. The summed E-state index contributed by atoms with van der Waals surface area (Å²) >= 11 is 0. The molecular weight excluding hydrogens is 300 g/mol. The number of hydrogen-bond donors (Lipinski definition) is 2. The number of aromatic carboxylic acids is 2. The molecule has 2 aromatic carbocycles. The second-order valence-corrected chi connectivity index (χ2v) is 4.67. The molecule has 0 amide bonds. The number of carboxylic acids is 2. The van der Waals surface area contributed by atoms with E-state index >= 15 is 0 Å². The van der Waals surface area contributed by atoms with Crippen molar-refractivity contribution in [2.75, 3.05) is 0 Å². The minimum absolute atomic E-state index is 0.0390. The van der Waals surface area contributed by atoms with Gasteiger partial charge in [-0.1, -0.05) is 18.2 Å². The molecule has 1 aromatic heterocycles. The number of rotatable bonds is 4. The number of hydrogen-bond acceptors (Lipinski definition) is 5. The van der Waals surface area contributed by atoms with Crippen molar-refractivity contribution in [3.63, 3.8) is 0 Å². The van der Waals surface area contributed by atoms with Gasteiger partial charge in [-0.15, -0.1) is 5.10 Å². The van der Waals surface area contributed by atoms with Gasteiger partial charge in [-0.05, 0) is 45.8 Å². The lowest BCUT2D eigenvalue weighted by atomic mass is 10.0. The van der Waals surface area contributed by atoms with Crippen LogP contribution in [0.1, 0.15) is 20.7 Å². The minimum atomic E-state index is -1.11. The van der Waals surface area contributed by atoms with Crippen LogP contribution < -0.4 is 0 Å². The van der Waals surface area contributed by atoms with Crippen LogP contribution in [0.25, 0.3) is 16.8 Å². The molecule has 8 nitrogen and oxygen atoms in total. The smallest absolute Gasteiger partial charge is 0.337 e. The van der Waals surface area contributed by atoms with E-state index in [1.54, 1.807) is 24.3 Å². The number of carboxylic acid groups (broad SMARTS) is 2. The second kappa shape index (κ2) is 5.68. The zero-order chi connectivity index (χ0) is 16.4. The fourth-order valence-corrected chi connectivity index (χ4v) is 2.16. The van der Waals surface area contributed by atoms with Crippen LogP contribution in [0, 0.1) is 0 Å². The first-order valence-electron chi connectivity index (χ1n) is 6.50. The van der Waals surface area contributed by atoms with E-state index in [0.717, 1.165) is 0 Å². The SMILES string of the molecule is O=C(O)c1ccc(-c2ccc(-n3cnnn3)c(C(=O)O)c2)cc1. The third kappa shape index (κ3) is 2.77. The molecule has 0 spiro atoms. The maximum Gasteiger partial charge on any atom is 0.337 e. The van der Waals surface area contributed by atoms with Gasteiger partial charge in [0, 0.05) is 0 Å². The van der Waals surface area contributed by atoms with E-state index in [1.807, 2.05) is 0 Å². The van der Waals surface area contributed by atoms with Gasteiger partial charge in [-0.25, -0.2) is 9.59 Å². The van der Waals surface area contributed by atoms with Crippen molar-refractivity contribution in [2.45, 2.75) is 0 Å². The topological polar surface area (TPSA) is 118 Å².